The van der Waals surface area contributed by atoms with E-state index in [-0.39, 0.29) is 0 Å². The standard InChI is InChI=1S/C17H20O4/c1-4-21-16-11-13(7-10-15(16)20-3)17(18)12-5-8-14(19-2)9-6-12/h5-11,17-18H,4H2,1-3H3. The Labute approximate surface area is 124 Å². The van der Waals surface area contributed by atoms with Gasteiger partial charge >= 0.3 is 0 Å². The summed E-state index contributed by atoms with van der Waals surface area (Å²) >= 11 is 0. The Bertz CT molecular complexity index is 578. The van der Waals surface area contributed by atoms with Crippen LogP contribution in [0.4, 0.5) is 0 Å². The molecular weight excluding hydrogens is 268 g/mol. The van der Waals surface area contributed by atoms with Gasteiger partial charge in [-0.2, -0.15) is 0 Å². The molecule has 1 N–H and O–H groups in total. The number of aliphatic hydroxyl groups is 1. The summed E-state index contributed by atoms with van der Waals surface area (Å²) in [5.74, 6) is 2.04. The van der Waals surface area contributed by atoms with Gasteiger partial charge in [-0.05, 0) is 42.3 Å². The van der Waals surface area contributed by atoms with Crippen molar-refractivity contribution in [2.75, 3.05) is 20.8 Å². The third-order valence-corrected chi connectivity index (χ3v) is 3.23. The first-order valence-corrected chi connectivity index (χ1v) is 6.82. The van der Waals surface area contributed by atoms with Gasteiger partial charge in [-0.15, -0.1) is 0 Å². The number of ether oxygens (including phenoxy) is 3. The third kappa shape index (κ3) is 3.47. The van der Waals surface area contributed by atoms with Gasteiger partial charge in [0.25, 0.3) is 0 Å². The van der Waals surface area contributed by atoms with E-state index in [2.05, 4.69) is 0 Å². The van der Waals surface area contributed by atoms with Crippen LogP contribution in [0.25, 0.3) is 0 Å². The highest BCUT2D eigenvalue weighted by Crippen LogP contribution is 2.32. The Hall–Kier alpha value is -2.20. The van der Waals surface area contributed by atoms with Crippen LogP contribution in [0.1, 0.15) is 24.2 Å². The summed E-state index contributed by atoms with van der Waals surface area (Å²) in [6.07, 6.45) is -0.721. The topological polar surface area (TPSA) is 47.9 Å². The van der Waals surface area contributed by atoms with Crippen LogP contribution in [0.5, 0.6) is 17.2 Å². The summed E-state index contributed by atoms with van der Waals surface area (Å²) < 4.78 is 15.9. The molecule has 4 heteroatoms. The number of benzene rings is 2. The fourth-order valence-corrected chi connectivity index (χ4v) is 2.11. The molecule has 2 aromatic rings. The number of aliphatic hydroxyl groups excluding tert-OH is 1. The van der Waals surface area contributed by atoms with Crippen molar-refractivity contribution in [3.8, 4) is 17.2 Å². The van der Waals surface area contributed by atoms with Gasteiger partial charge in [-0.25, -0.2) is 0 Å². The average Bonchev–Trinajstić information content (AvgIpc) is 2.54. The van der Waals surface area contributed by atoms with Crippen molar-refractivity contribution < 1.29 is 19.3 Å². The minimum atomic E-state index is -0.721. The second-order valence-corrected chi connectivity index (χ2v) is 4.52. The molecule has 0 radical (unpaired) electrons. The van der Waals surface area contributed by atoms with Crippen molar-refractivity contribution in [3.63, 3.8) is 0 Å². The molecule has 0 aliphatic carbocycles. The Morgan fingerprint density at radius 1 is 0.905 bits per heavy atom. The Morgan fingerprint density at radius 2 is 1.57 bits per heavy atom. The predicted molar refractivity (Wildman–Crippen MR) is 81.2 cm³/mol. The average molecular weight is 288 g/mol. The predicted octanol–water partition coefficient (Wildman–Crippen LogP) is 3.18. The maximum Gasteiger partial charge on any atom is 0.161 e. The molecule has 2 rings (SSSR count). The zero-order valence-corrected chi connectivity index (χ0v) is 12.5. The first-order valence-electron chi connectivity index (χ1n) is 6.82. The van der Waals surface area contributed by atoms with Crippen LogP contribution in [0, 0.1) is 0 Å². The van der Waals surface area contributed by atoms with Gasteiger partial charge < -0.3 is 19.3 Å². The first-order chi connectivity index (χ1) is 10.2. The fraction of sp³-hybridized carbons (Fsp3) is 0.294. The van der Waals surface area contributed by atoms with E-state index in [4.69, 9.17) is 14.2 Å². The number of hydrogen-bond acceptors (Lipinski definition) is 4. The van der Waals surface area contributed by atoms with E-state index in [9.17, 15) is 5.11 Å². The molecule has 0 aliphatic rings. The molecule has 1 atom stereocenters. The third-order valence-electron chi connectivity index (χ3n) is 3.23. The van der Waals surface area contributed by atoms with Crippen LogP contribution < -0.4 is 14.2 Å². The summed E-state index contributed by atoms with van der Waals surface area (Å²) in [5.41, 5.74) is 1.55. The maximum atomic E-state index is 10.5. The van der Waals surface area contributed by atoms with Gasteiger partial charge in [0.05, 0.1) is 20.8 Å². The molecule has 112 valence electrons. The molecule has 0 spiro atoms. The summed E-state index contributed by atoms with van der Waals surface area (Å²) in [7, 11) is 3.21. The van der Waals surface area contributed by atoms with Gasteiger partial charge in [0, 0.05) is 0 Å². The summed E-state index contributed by atoms with van der Waals surface area (Å²) in [5, 5.41) is 10.5. The Kier molecular flexibility index (Phi) is 5.06. The van der Waals surface area contributed by atoms with Crippen LogP contribution in [0.15, 0.2) is 42.5 Å². The largest absolute Gasteiger partial charge is 0.497 e. The molecule has 4 nitrogen and oxygen atoms in total. The quantitative estimate of drug-likeness (QED) is 0.887. The van der Waals surface area contributed by atoms with Crippen molar-refractivity contribution >= 4 is 0 Å². The van der Waals surface area contributed by atoms with E-state index < -0.39 is 6.10 Å². The first kappa shape index (κ1) is 15.2. The number of hydrogen-bond donors (Lipinski definition) is 1. The molecule has 0 saturated heterocycles. The second kappa shape index (κ2) is 6.99. The van der Waals surface area contributed by atoms with Crippen molar-refractivity contribution in [1.29, 1.82) is 0 Å². The van der Waals surface area contributed by atoms with Crippen LogP contribution in [0.2, 0.25) is 0 Å². The SMILES string of the molecule is CCOc1cc(C(O)c2ccc(OC)cc2)ccc1OC. The number of methoxy groups -OCH3 is 2. The summed E-state index contributed by atoms with van der Waals surface area (Å²) in [6.45, 7) is 2.45. The lowest BCUT2D eigenvalue weighted by Gasteiger charge is -2.15. The van der Waals surface area contributed by atoms with Crippen LogP contribution >= 0.6 is 0 Å². The molecule has 0 fully saturated rings. The maximum absolute atomic E-state index is 10.5. The molecular formula is C17H20O4. The van der Waals surface area contributed by atoms with Crippen LogP contribution in [-0.4, -0.2) is 25.9 Å². The minimum Gasteiger partial charge on any atom is -0.497 e. The van der Waals surface area contributed by atoms with E-state index in [0.29, 0.717) is 18.1 Å². The molecule has 21 heavy (non-hydrogen) atoms. The lowest BCUT2D eigenvalue weighted by molar-refractivity contribution is 0.219. The van der Waals surface area contributed by atoms with Crippen molar-refractivity contribution in [2.24, 2.45) is 0 Å². The molecule has 0 aliphatic heterocycles. The molecule has 0 amide bonds. The van der Waals surface area contributed by atoms with Crippen molar-refractivity contribution in [1.82, 2.24) is 0 Å². The van der Waals surface area contributed by atoms with E-state index in [1.165, 1.54) is 0 Å². The molecule has 1 unspecified atom stereocenters. The van der Waals surface area contributed by atoms with Crippen LogP contribution in [0.3, 0.4) is 0 Å². The van der Waals surface area contributed by atoms with E-state index in [1.54, 1.807) is 26.4 Å². The zero-order chi connectivity index (χ0) is 15.2. The van der Waals surface area contributed by atoms with Gasteiger partial charge in [0.2, 0.25) is 0 Å². The fourth-order valence-electron chi connectivity index (χ4n) is 2.11. The van der Waals surface area contributed by atoms with E-state index in [0.717, 1.165) is 16.9 Å². The van der Waals surface area contributed by atoms with Crippen molar-refractivity contribution in [3.05, 3.63) is 53.6 Å². The molecule has 0 heterocycles. The number of rotatable bonds is 6. The summed E-state index contributed by atoms with van der Waals surface area (Å²) in [6, 6.07) is 12.8. The van der Waals surface area contributed by atoms with E-state index in [1.807, 2.05) is 37.3 Å². The van der Waals surface area contributed by atoms with Gasteiger partial charge in [0.15, 0.2) is 11.5 Å². The normalized spacial score (nSPS) is 11.8. The summed E-state index contributed by atoms with van der Waals surface area (Å²) in [4.78, 5) is 0. The highest BCUT2D eigenvalue weighted by atomic mass is 16.5. The molecule has 0 bridgehead atoms. The Morgan fingerprint density at radius 3 is 2.14 bits per heavy atom. The highest BCUT2D eigenvalue weighted by Gasteiger charge is 2.14. The second-order valence-electron chi connectivity index (χ2n) is 4.52. The van der Waals surface area contributed by atoms with Crippen LogP contribution in [-0.2, 0) is 0 Å². The zero-order valence-electron chi connectivity index (χ0n) is 12.5. The van der Waals surface area contributed by atoms with Gasteiger partial charge in [-0.1, -0.05) is 18.2 Å². The van der Waals surface area contributed by atoms with Gasteiger partial charge in [0.1, 0.15) is 11.9 Å². The highest BCUT2D eigenvalue weighted by molar-refractivity contribution is 5.45. The van der Waals surface area contributed by atoms with E-state index >= 15 is 0 Å². The lowest BCUT2D eigenvalue weighted by Crippen LogP contribution is -2.02. The monoisotopic (exact) mass is 288 g/mol. The molecule has 0 aromatic heterocycles. The lowest BCUT2D eigenvalue weighted by atomic mass is 10.0. The van der Waals surface area contributed by atoms with Crippen molar-refractivity contribution in [2.45, 2.75) is 13.0 Å². The molecule has 2 aromatic carbocycles. The minimum absolute atomic E-state index is 0.540. The molecule has 0 saturated carbocycles. The van der Waals surface area contributed by atoms with Gasteiger partial charge in [-0.3, -0.25) is 0 Å². The smallest absolute Gasteiger partial charge is 0.161 e. The Balaban J connectivity index is 2.28.